The molecule has 1 aliphatic rings. The van der Waals surface area contributed by atoms with Gasteiger partial charge in [-0.1, -0.05) is 48.5 Å². The maximum absolute atomic E-state index is 13.3. The van der Waals surface area contributed by atoms with E-state index in [0.29, 0.717) is 55.2 Å². The second kappa shape index (κ2) is 10.5. The predicted molar refractivity (Wildman–Crippen MR) is 131 cm³/mol. The van der Waals surface area contributed by atoms with E-state index in [9.17, 15) is 14.4 Å². The third kappa shape index (κ3) is 5.26. The van der Waals surface area contributed by atoms with Crippen molar-refractivity contribution in [1.82, 2.24) is 14.4 Å². The molecule has 1 fully saturated rings. The van der Waals surface area contributed by atoms with Gasteiger partial charge >= 0.3 is 0 Å². The van der Waals surface area contributed by atoms with Crippen molar-refractivity contribution in [2.24, 2.45) is 5.73 Å². The number of amides is 2. The Kier molecular flexibility index (Phi) is 7.23. The SMILES string of the molecule is Cc1c(C(N)=O)cc(C(=O)CN2CCN(C(=O)c3ccccc3)CC2)n1CCc1ccccc1. The molecule has 1 aliphatic heterocycles. The van der Waals surface area contributed by atoms with E-state index >= 15 is 0 Å². The van der Waals surface area contributed by atoms with Crippen LogP contribution in [0, 0.1) is 6.92 Å². The van der Waals surface area contributed by atoms with Gasteiger partial charge in [0.2, 0.25) is 0 Å². The van der Waals surface area contributed by atoms with E-state index < -0.39 is 5.91 Å². The zero-order chi connectivity index (χ0) is 24.1. The van der Waals surface area contributed by atoms with Crippen LogP contribution in [-0.4, -0.2) is 64.7 Å². The molecule has 0 saturated carbocycles. The molecule has 2 amide bonds. The smallest absolute Gasteiger partial charge is 0.253 e. The van der Waals surface area contributed by atoms with Crippen molar-refractivity contribution in [3.63, 3.8) is 0 Å². The summed E-state index contributed by atoms with van der Waals surface area (Å²) < 4.78 is 1.91. The molecule has 7 heteroatoms. The van der Waals surface area contributed by atoms with Crippen molar-refractivity contribution >= 4 is 17.6 Å². The van der Waals surface area contributed by atoms with E-state index in [2.05, 4.69) is 4.90 Å². The first-order valence-corrected chi connectivity index (χ1v) is 11.6. The molecule has 0 unspecified atom stereocenters. The first kappa shape index (κ1) is 23.4. The van der Waals surface area contributed by atoms with Crippen molar-refractivity contribution in [2.75, 3.05) is 32.7 Å². The zero-order valence-electron chi connectivity index (χ0n) is 19.4. The van der Waals surface area contributed by atoms with Crippen LogP contribution in [0.15, 0.2) is 66.7 Å². The number of nitrogens with two attached hydrogens (primary N) is 1. The van der Waals surface area contributed by atoms with Crippen LogP contribution in [0.2, 0.25) is 0 Å². The fourth-order valence-electron chi connectivity index (χ4n) is 4.46. The molecule has 7 nitrogen and oxygen atoms in total. The summed E-state index contributed by atoms with van der Waals surface area (Å²) >= 11 is 0. The molecule has 0 spiro atoms. The standard InChI is InChI=1S/C27H30N4O3/c1-20-23(26(28)33)18-24(31(20)13-12-21-8-4-2-5-9-21)25(32)19-29-14-16-30(17-15-29)27(34)22-10-6-3-7-11-22/h2-11,18H,12-17,19H2,1H3,(H2,28,33). The number of hydrogen-bond donors (Lipinski definition) is 1. The number of aromatic nitrogens is 1. The number of rotatable bonds is 8. The second-order valence-electron chi connectivity index (χ2n) is 8.64. The van der Waals surface area contributed by atoms with Crippen LogP contribution in [0.25, 0.3) is 0 Å². The Labute approximate surface area is 199 Å². The largest absolute Gasteiger partial charge is 0.366 e. The fourth-order valence-corrected chi connectivity index (χ4v) is 4.46. The molecule has 4 rings (SSSR count). The molecule has 2 aromatic carbocycles. The van der Waals surface area contributed by atoms with Crippen LogP contribution in [0.5, 0.6) is 0 Å². The van der Waals surface area contributed by atoms with E-state index in [-0.39, 0.29) is 18.2 Å². The number of ketones is 1. The molecule has 2 N–H and O–H groups in total. The highest BCUT2D eigenvalue weighted by Gasteiger charge is 2.26. The van der Waals surface area contributed by atoms with Gasteiger partial charge in [-0.05, 0) is 37.1 Å². The Morgan fingerprint density at radius 2 is 1.50 bits per heavy atom. The van der Waals surface area contributed by atoms with Gasteiger partial charge in [-0.3, -0.25) is 19.3 Å². The van der Waals surface area contributed by atoms with Crippen molar-refractivity contribution in [3.8, 4) is 0 Å². The Morgan fingerprint density at radius 3 is 2.12 bits per heavy atom. The van der Waals surface area contributed by atoms with Crippen LogP contribution >= 0.6 is 0 Å². The minimum Gasteiger partial charge on any atom is -0.366 e. The minimum absolute atomic E-state index is 0.0167. The highest BCUT2D eigenvalue weighted by molar-refractivity contribution is 6.01. The van der Waals surface area contributed by atoms with Crippen molar-refractivity contribution in [3.05, 3.63) is 94.8 Å². The summed E-state index contributed by atoms with van der Waals surface area (Å²) in [7, 11) is 0. The van der Waals surface area contributed by atoms with Gasteiger partial charge in [0.25, 0.3) is 11.8 Å². The molecule has 34 heavy (non-hydrogen) atoms. The highest BCUT2D eigenvalue weighted by atomic mass is 16.2. The summed E-state index contributed by atoms with van der Waals surface area (Å²) in [4.78, 5) is 41.8. The number of carbonyl (C=O) groups excluding carboxylic acids is 3. The van der Waals surface area contributed by atoms with Gasteiger partial charge in [-0.15, -0.1) is 0 Å². The van der Waals surface area contributed by atoms with Crippen LogP contribution < -0.4 is 5.73 Å². The van der Waals surface area contributed by atoms with Gasteiger partial charge in [-0.2, -0.15) is 0 Å². The molecule has 0 atom stereocenters. The van der Waals surface area contributed by atoms with Crippen molar-refractivity contribution in [1.29, 1.82) is 0 Å². The molecule has 2 heterocycles. The lowest BCUT2D eigenvalue weighted by atomic mass is 10.1. The summed E-state index contributed by atoms with van der Waals surface area (Å²) in [5, 5.41) is 0. The Hall–Kier alpha value is -3.71. The van der Waals surface area contributed by atoms with Crippen LogP contribution in [0.1, 0.15) is 42.5 Å². The average molecular weight is 459 g/mol. The summed E-state index contributed by atoms with van der Waals surface area (Å²) in [5.41, 5.74) is 9.01. The monoisotopic (exact) mass is 458 g/mol. The lowest BCUT2D eigenvalue weighted by Gasteiger charge is -2.34. The van der Waals surface area contributed by atoms with Gasteiger partial charge in [0.15, 0.2) is 5.78 Å². The number of hydrogen-bond acceptors (Lipinski definition) is 4. The van der Waals surface area contributed by atoms with Crippen molar-refractivity contribution < 1.29 is 14.4 Å². The summed E-state index contributed by atoms with van der Waals surface area (Å²) in [6, 6.07) is 20.9. The summed E-state index contributed by atoms with van der Waals surface area (Å²) in [5.74, 6) is -0.562. The van der Waals surface area contributed by atoms with Gasteiger partial charge in [0, 0.05) is 44.0 Å². The van der Waals surface area contributed by atoms with E-state index in [4.69, 9.17) is 5.73 Å². The lowest BCUT2D eigenvalue weighted by molar-refractivity contribution is 0.0623. The molecule has 0 bridgehead atoms. The topological polar surface area (TPSA) is 88.6 Å². The fraction of sp³-hybridized carbons (Fsp3) is 0.296. The van der Waals surface area contributed by atoms with Crippen LogP contribution in [-0.2, 0) is 13.0 Å². The molecular formula is C27H30N4O3. The second-order valence-corrected chi connectivity index (χ2v) is 8.64. The predicted octanol–water partition coefficient (Wildman–Crippen LogP) is 2.78. The highest BCUT2D eigenvalue weighted by Crippen LogP contribution is 2.18. The third-order valence-electron chi connectivity index (χ3n) is 6.43. The minimum atomic E-state index is -0.530. The van der Waals surface area contributed by atoms with E-state index in [1.54, 1.807) is 6.07 Å². The van der Waals surface area contributed by atoms with E-state index in [0.717, 1.165) is 12.0 Å². The molecule has 0 aliphatic carbocycles. The molecular weight excluding hydrogens is 428 g/mol. The van der Waals surface area contributed by atoms with Gasteiger partial charge < -0.3 is 15.2 Å². The van der Waals surface area contributed by atoms with Gasteiger partial charge in [0.05, 0.1) is 17.8 Å². The number of carbonyl (C=O) groups is 3. The number of aryl methyl sites for hydroxylation is 1. The Morgan fingerprint density at radius 1 is 0.882 bits per heavy atom. The van der Waals surface area contributed by atoms with E-state index in [1.807, 2.05) is 77.1 Å². The summed E-state index contributed by atoms with van der Waals surface area (Å²) in [6.45, 7) is 5.04. The van der Waals surface area contributed by atoms with Gasteiger partial charge in [0.1, 0.15) is 0 Å². The normalized spacial score (nSPS) is 14.2. The first-order valence-electron chi connectivity index (χ1n) is 11.6. The molecule has 176 valence electrons. The summed E-state index contributed by atoms with van der Waals surface area (Å²) in [6.07, 6.45) is 0.745. The van der Waals surface area contributed by atoms with Crippen molar-refractivity contribution in [2.45, 2.75) is 19.9 Å². The third-order valence-corrected chi connectivity index (χ3v) is 6.43. The number of Topliss-reactive ketones (excluding diaryl/α,β-unsaturated/α-hetero) is 1. The number of primary amides is 1. The van der Waals surface area contributed by atoms with Crippen LogP contribution in [0.3, 0.4) is 0 Å². The lowest BCUT2D eigenvalue weighted by Crippen LogP contribution is -2.50. The first-order chi connectivity index (χ1) is 16.4. The molecule has 1 aromatic heterocycles. The number of benzene rings is 2. The Balaban J connectivity index is 1.42. The maximum atomic E-state index is 13.3. The average Bonchev–Trinajstić information content (AvgIpc) is 3.20. The van der Waals surface area contributed by atoms with Gasteiger partial charge in [-0.25, -0.2) is 0 Å². The maximum Gasteiger partial charge on any atom is 0.253 e. The molecule has 3 aromatic rings. The van der Waals surface area contributed by atoms with E-state index in [1.165, 1.54) is 0 Å². The molecule has 0 radical (unpaired) electrons. The Bertz CT molecular complexity index is 1160. The molecule has 1 saturated heterocycles. The zero-order valence-corrected chi connectivity index (χ0v) is 19.4. The quantitative estimate of drug-likeness (QED) is 0.526. The van der Waals surface area contributed by atoms with Crippen LogP contribution in [0.4, 0.5) is 0 Å². The number of piperazine rings is 1. The number of nitrogens with zero attached hydrogens (tertiary/aromatic N) is 3.